The molecule has 0 saturated heterocycles. The maximum absolute atomic E-state index is 5.75. The smallest absolute Gasteiger partial charge is 0.147 e. The molecule has 4 heteroatoms. The first-order valence-electron chi connectivity index (χ1n) is 5.12. The second-order valence-electron chi connectivity index (χ2n) is 4.20. The van der Waals surface area contributed by atoms with Crippen molar-refractivity contribution < 1.29 is 0 Å². The van der Waals surface area contributed by atoms with Crippen LogP contribution >= 0.6 is 0 Å². The Morgan fingerprint density at radius 3 is 2.43 bits per heavy atom. The molecule has 2 N–H and O–H groups in total. The summed E-state index contributed by atoms with van der Waals surface area (Å²) >= 11 is 0. The number of hydrogen-bond donors (Lipinski definition) is 1. The minimum absolute atomic E-state index is 0.334. The Morgan fingerprint density at radius 2 is 2.07 bits per heavy atom. The first-order chi connectivity index (χ1) is 6.54. The summed E-state index contributed by atoms with van der Waals surface area (Å²) in [5, 5.41) is 4.24. The van der Waals surface area contributed by atoms with Crippen molar-refractivity contribution in [3.63, 3.8) is 0 Å². The highest BCUT2D eigenvalue weighted by atomic mass is 15.3. The van der Waals surface area contributed by atoms with E-state index >= 15 is 0 Å². The van der Waals surface area contributed by atoms with Crippen LogP contribution in [0.3, 0.4) is 0 Å². The van der Waals surface area contributed by atoms with E-state index in [1.807, 2.05) is 18.7 Å². The van der Waals surface area contributed by atoms with Gasteiger partial charge in [-0.3, -0.25) is 4.68 Å². The van der Waals surface area contributed by atoms with Gasteiger partial charge in [-0.2, -0.15) is 5.10 Å². The Labute approximate surface area is 85.5 Å². The molecule has 1 heterocycles. The fourth-order valence-electron chi connectivity index (χ4n) is 1.76. The minimum atomic E-state index is 0.334. The van der Waals surface area contributed by atoms with Gasteiger partial charge < -0.3 is 5.73 Å². The van der Waals surface area contributed by atoms with E-state index in [0.717, 1.165) is 18.1 Å². The third-order valence-corrected chi connectivity index (χ3v) is 2.31. The van der Waals surface area contributed by atoms with Gasteiger partial charge >= 0.3 is 0 Å². The molecule has 0 aliphatic rings. The van der Waals surface area contributed by atoms with Gasteiger partial charge in [0.25, 0.3) is 0 Å². The number of nitrogens with zero attached hydrogens (tertiary/aromatic N) is 3. The summed E-state index contributed by atoms with van der Waals surface area (Å²) in [4.78, 5) is 4.41. The van der Waals surface area contributed by atoms with Crippen LogP contribution in [0.4, 0.5) is 0 Å². The zero-order chi connectivity index (χ0) is 10.7. The number of nitrogens with two attached hydrogens (primary N) is 1. The molecule has 0 saturated carbocycles. The lowest BCUT2D eigenvalue weighted by atomic mass is 9.96. The summed E-state index contributed by atoms with van der Waals surface area (Å²) in [6, 6.07) is 0. The van der Waals surface area contributed by atoms with Crippen molar-refractivity contribution in [3.05, 3.63) is 11.6 Å². The van der Waals surface area contributed by atoms with Crippen LogP contribution < -0.4 is 5.73 Å². The molecule has 1 unspecified atom stereocenters. The fraction of sp³-hybridized carbons (Fsp3) is 0.800. The normalized spacial score (nSPS) is 13.6. The highest BCUT2D eigenvalue weighted by Crippen LogP contribution is 2.20. The molecule has 1 aromatic heterocycles. The number of aromatic nitrogens is 3. The fourth-order valence-corrected chi connectivity index (χ4v) is 1.76. The largest absolute Gasteiger partial charge is 0.330 e. The first kappa shape index (κ1) is 11.2. The summed E-state index contributed by atoms with van der Waals surface area (Å²) < 4.78 is 1.84. The van der Waals surface area contributed by atoms with Crippen molar-refractivity contribution >= 4 is 0 Å². The average molecular weight is 196 g/mol. The van der Waals surface area contributed by atoms with E-state index in [4.69, 9.17) is 5.73 Å². The Morgan fingerprint density at radius 1 is 1.43 bits per heavy atom. The molecular formula is C10H20N4. The average Bonchev–Trinajstić information content (AvgIpc) is 2.41. The van der Waals surface area contributed by atoms with Gasteiger partial charge in [0.15, 0.2) is 0 Å². The zero-order valence-electron chi connectivity index (χ0n) is 9.49. The quantitative estimate of drug-likeness (QED) is 0.787. The van der Waals surface area contributed by atoms with E-state index in [1.54, 1.807) is 0 Å². The van der Waals surface area contributed by atoms with E-state index in [9.17, 15) is 0 Å². The molecule has 0 amide bonds. The highest BCUT2D eigenvalue weighted by molar-refractivity contribution is 4.99. The molecule has 0 radical (unpaired) electrons. The van der Waals surface area contributed by atoms with Gasteiger partial charge in [-0.1, -0.05) is 13.8 Å². The van der Waals surface area contributed by atoms with Gasteiger partial charge in [0, 0.05) is 19.5 Å². The van der Waals surface area contributed by atoms with E-state index in [-0.39, 0.29) is 0 Å². The Hall–Kier alpha value is -0.900. The molecule has 0 spiro atoms. The van der Waals surface area contributed by atoms with Crippen LogP contribution in [0, 0.1) is 12.8 Å². The Kier molecular flexibility index (Phi) is 3.63. The molecule has 1 aromatic rings. The van der Waals surface area contributed by atoms with Crippen LogP contribution in [0.5, 0.6) is 0 Å². The molecule has 4 nitrogen and oxygen atoms in total. The summed E-state index contributed by atoms with van der Waals surface area (Å²) in [6.45, 7) is 6.95. The molecule has 0 aliphatic heterocycles. The van der Waals surface area contributed by atoms with E-state index < -0.39 is 0 Å². The SMILES string of the molecule is Cc1nc(C(CN)CC(C)C)n(C)n1. The van der Waals surface area contributed by atoms with Gasteiger partial charge in [0.05, 0.1) is 0 Å². The van der Waals surface area contributed by atoms with Gasteiger partial charge in [0.2, 0.25) is 0 Å². The molecule has 0 fully saturated rings. The molecule has 1 rings (SSSR count). The Bertz CT molecular complexity index is 290. The van der Waals surface area contributed by atoms with Gasteiger partial charge in [0.1, 0.15) is 11.6 Å². The van der Waals surface area contributed by atoms with Crippen molar-refractivity contribution in [2.75, 3.05) is 6.54 Å². The predicted octanol–water partition coefficient (Wildman–Crippen LogP) is 1.21. The third kappa shape index (κ3) is 2.54. The first-order valence-corrected chi connectivity index (χ1v) is 5.12. The van der Waals surface area contributed by atoms with E-state index in [2.05, 4.69) is 23.9 Å². The molecule has 80 valence electrons. The summed E-state index contributed by atoms with van der Waals surface area (Å²) in [6.07, 6.45) is 1.07. The molecule has 0 bridgehead atoms. The standard InChI is InChI=1S/C10H20N4/c1-7(2)5-9(6-11)10-12-8(3)13-14(10)4/h7,9H,5-6,11H2,1-4H3. The van der Waals surface area contributed by atoms with E-state index in [0.29, 0.717) is 18.4 Å². The van der Waals surface area contributed by atoms with Crippen LogP contribution in [0.1, 0.15) is 37.8 Å². The topological polar surface area (TPSA) is 56.7 Å². The zero-order valence-corrected chi connectivity index (χ0v) is 9.49. The van der Waals surface area contributed by atoms with Crippen LogP contribution in [0.25, 0.3) is 0 Å². The van der Waals surface area contributed by atoms with Crippen molar-refractivity contribution in [2.24, 2.45) is 18.7 Å². The predicted molar refractivity (Wildman–Crippen MR) is 57.0 cm³/mol. The molecule has 1 atom stereocenters. The number of aryl methyl sites for hydroxylation is 2. The second-order valence-corrected chi connectivity index (χ2v) is 4.20. The van der Waals surface area contributed by atoms with E-state index in [1.165, 1.54) is 0 Å². The monoisotopic (exact) mass is 196 g/mol. The molecular weight excluding hydrogens is 176 g/mol. The summed E-state index contributed by atoms with van der Waals surface area (Å²) in [7, 11) is 1.93. The highest BCUT2D eigenvalue weighted by Gasteiger charge is 2.17. The third-order valence-electron chi connectivity index (χ3n) is 2.31. The van der Waals surface area contributed by atoms with Crippen molar-refractivity contribution in [1.82, 2.24) is 14.8 Å². The second kappa shape index (κ2) is 4.55. The van der Waals surface area contributed by atoms with Crippen molar-refractivity contribution in [2.45, 2.75) is 33.1 Å². The lowest BCUT2D eigenvalue weighted by molar-refractivity contribution is 0.472. The lowest BCUT2D eigenvalue weighted by Gasteiger charge is -2.15. The summed E-state index contributed by atoms with van der Waals surface area (Å²) in [5.74, 6) is 2.81. The van der Waals surface area contributed by atoms with Crippen molar-refractivity contribution in [1.29, 1.82) is 0 Å². The number of hydrogen-bond acceptors (Lipinski definition) is 3. The maximum Gasteiger partial charge on any atom is 0.147 e. The van der Waals surface area contributed by atoms with Crippen LogP contribution in [-0.2, 0) is 7.05 Å². The maximum atomic E-state index is 5.75. The van der Waals surface area contributed by atoms with Crippen LogP contribution in [-0.4, -0.2) is 21.3 Å². The summed E-state index contributed by atoms with van der Waals surface area (Å²) in [5.41, 5.74) is 5.75. The van der Waals surface area contributed by atoms with Crippen LogP contribution in [0.15, 0.2) is 0 Å². The van der Waals surface area contributed by atoms with Crippen LogP contribution in [0.2, 0.25) is 0 Å². The van der Waals surface area contributed by atoms with Gasteiger partial charge in [-0.25, -0.2) is 4.98 Å². The Balaban J connectivity index is 2.83. The molecule has 14 heavy (non-hydrogen) atoms. The molecule has 0 aromatic carbocycles. The van der Waals surface area contributed by atoms with Crippen molar-refractivity contribution in [3.8, 4) is 0 Å². The minimum Gasteiger partial charge on any atom is -0.330 e. The van der Waals surface area contributed by atoms with Gasteiger partial charge in [-0.05, 0) is 19.3 Å². The molecule has 0 aliphatic carbocycles. The number of rotatable bonds is 4. The lowest BCUT2D eigenvalue weighted by Crippen LogP contribution is -2.18. The van der Waals surface area contributed by atoms with Gasteiger partial charge in [-0.15, -0.1) is 0 Å².